The minimum Gasteiger partial charge on any atom is -0.396 e. The first-order valence-electron chi connectivity index (χ1n) is 10.4. The second-order valence-electron chi connectivity index (χ2n) is 7.44. The van der Waals surface area contributed by atoms with Gasteiger partial charge in [-0.2, -0.15) is 0 Å². The Balaban J connectivity index is 1.45. The van der Waals surface area contributed by atoms with Crippen LogP contribution in [-0.2, 0) is 13.0 Å². The van der Waals surface area contributed by atoms with Gasteiger partial charge in [0.25, 0.3) is 5.91 Å². The van der Waals surface area contributed by atoms with Gasteiger partial charge in [-0.25, -0.2) is 14.4 Å². The van der Waals surface area contributed by atoms with Crippen LogP contribution in [0.3, 0.4) is 0 Å². The van der Waals surface area contributed by atoms with E-state index < -0.39 is 5.82 Å². The highest BCUT2D eigenvalue weighted by atomic mass is 19.1. The van der Waals surface area contributed by atoms with E-state index in [1.54, 1.807) is 0 Å². The van der Waals surface area contributed by atoms with Crippen LogP contribution in [0.2, 0.25) is 0 Å². The minimum absolute atomic E-state index is 0.0270. The number of aryl methyl sites for hydroxylation is 2. The summed E-state index contributed by atoms with van der Waals surface area (Å²) in [4.78, 5) is 21.4. The molecule has 0 saturated carbocycles. The number of nitrogens with two attached hydrogens (primary N) is 2. The van der Waals surface area contributed by atoms with Gasteiger partial charge in [-0.3, -0.25) is 4.79 Å². The van der Waals surface area contributed by atoms with Crippen molar-refractivity contribution in [1.82, 2.24) is 19.9 Å². The van der Waals surface area contributed by atoms with Crippen LogP contribution in [0, 0.1) is 5.82 Å². The molecule has 0 aliphatic rings. The molecule has 2 aromatic carbocycles. The number of hydrogen-bond acceptors (Lipinski definition) is 5. The van der Waals surface area contributed by atoms with Gasteiger partial charge >= 0.3 is 0 Å². The number of nitrogens with one attached hydrogen (secondary N) is 1. The Labute approximate surface area is 179 Å². The smallest absolute Gasteiger partial charge is 0.251 e. The van der Waals surface area contributed by atoms with Gasteiger partial charge in [-0.05, 0) is 37.1 Å². The molecule has 0 aliphatic carbocycles. The number of para-hydroxylation sites is 1. The van der Waals surface area contributed by atoms with E-state index in [1.165, 1.54) is 12.1 Å². The summed E-state index contributed by atoms with van der Waals surface area (Å²) in [7, 11) is 0. The van der Waals surface area contributed by atoms with E-state index in [4.69, 9.17) is 16.5 Å². The number of aromatic nitrogens is 3. The van der Waals surface area contributed by atoms with Crippen LogP contribution in [0.5, 0.6) is 0 Å². The number of nitrogen functional groups attached to an aromatic ring is 2. The summed E-state index contributed by atoms with van der Waals surface area (Å²) >= 11 is 0. The first kappa shape index (κ1) is 20.6. The molecule has 0 unspecified atom stereocenters. The summed E-state index contributed by atoms with van der Waals surface area (Å²) in [6, 6.07) is 12.0. The highest BCUT2D eigenvalue weighted by molar-refractivity contribution is 6.06. The van der Waals surface area contributed by atoms with E-state index in [1.807, 2.05) is 24.3 Å². The Morgan fingerprint density at radius 3 is 2.71 bits per heavy atom. The van der Waals surface area contributed by atoms with Crippen molar-refractivity contribution in [1.29, 1.82) is 0 Å². The number of benzene rings is 2. The largest absolute Gasteiger partial charge is 0.396 e. The number of nitrogens with zero attached hydrogens (tertiary/aromatic N) is 3. The average molecular weight is 420 g/mol. The van der Waals surface area contributed by atoms with Crippen molar-refractivity contribution in [2.24, 2.45) is 0 Å². The zero-order valence-corrected chi connectivity index (χ0v) is 17.4. The lowest BCUT2D eigenvalue weighted by atomic mass is 10.1. The molecular formula is C23H25FN6O. The van der Waals surface area contributed by atoms with Crippen LogP contribution in [0.15, 0.2) is 42.5 Å². The van der Waals surface area contributed by atoms with E-state index in [-0.39, 0.29) is 17.2 Å². The fourth-order valence-electron chi connectivity index (χ4n) is 3.78. The molecule has 160 valence electrons. The predicted molar refractivity (Wildman–Crippen MR) is 121 cm³/mol. The van der Waals surface area contributed by atoms with Gasteiger partial charge in [-0.15, -0.1) is 0 Å². The quantitative estimate of drug-likeness (QED) is 0.312. The predicted octanol–water partition coefficient (Wildman–Crippen LogP) is 3.66. The first-order chi connectivity index (χ1) is 15.0. The van der Waals surface area contributed by atoms with E-state index in [0.717, 1.165) is 59.6 Å². The molecule has 0 saturated heterocycles. The van der Waals surface area contributed by atoms with Crippen molar-refractivity contribution < 1.29 is 9.18 Å². The standard InChI is InChI=1S/C23H25FN6O/c1-2-19-29-20-21(15-7-3-4-8-18(15)28-22(20)26)30(19)12-6-5-11-27-23(31)14-9-10-17(25)16(24)13-14/h3-4,7-10,13H,2,5-6,11-12,25H2,1H3,(H2,26,28)(H,27,31). The summed E-state index contributed by atoms with van der Waals surface area (Å²) in [5, 5.41) is 3.85. The fourth-order valence-corrected chi connectivity index (χ4v) is 3.78. The molecule has 0 atom stereocenters. The number of halogens is 1. The highest BCUT2D eigenvalue weighted by Gasteiger charge is 2.16. The molecule has 4 aromatic rings. The number of anilines is 2. The molecule has 5 N–H and O–H groups in total. The van der Waals surface area contributed by atoms with Gasteiger partial charge in [0.2, 0.25) is 0 Å². The summed E-state index contributed by atoms with van der Waals surface area (Å²) < 4.78 is 15.8. The third-order valence-corrected chi connectivity index (χ3v) is 5.36. The van der Waals surface area contributed by atoms with Gasteiger partial charge in [0.05, 0.1) is 16.7 Å². The SMILES string of the molecule is CCc1nc2c(N)nc3ccccc3c2n1CCCCNC(=O)c1ccc(N)c(F)c1. The molecule has 0 spiro atoms. The normalized spacial score (nSPS) is 11.3. The molecule has 31 heavy (non-hydrogen) atoms. The summed E-state index contributed by atoms with van der Waals surface area (Å²) in [6.07, 6.45) is 2.39. The van der Waals surface area contributed by atoms with Crippen LogP contribution >= 0.6 is 0 Å². The second-order valence-corrected chi connectivity index (χ2v) is 7.44. The Bertz CT molecular complexity index is 1270. The van der Waals surface area contributed by atoms with Crippen molar-refractivity contribution >= 4 is 39.3 Å². The van der Waals surface area contributed by atoms with Gasteiger partial charge in [0.1, 0.15) is 17.2 Å². The molecule has 2 aromatic heterocycles. The van der Waals surface area contributed by atoms with Crippen LogP contribution in [0.25, 0.3) is 21.9 Å². The van der Waals surface area contributed by atoms with Gasteiger partial charge < -0.3 is 21.4 Å². The minimum atomic E-state index is -0.590. The van der Waals surface area contributed by atoms with Crippen LogP contribution in [-0.4, -0.2) is 27.0 Å². The number of rotatable bonds is 7. The maximum atomic E-state index is 13.6. The van der Waals surface area contributed by atoms with Crippen molar-refractivity contribution in [3.8, 4) is 0 Å². The third-order valence-electron chi connectivity index (χ3n) is 5.36. The second kappa shape index (κ2) is 8.59. The lowest BCUT2D eigenvalue weighted by molar-refractivity contribution is 0.0952. The maximum Gasteiger partial charge on any atom is 0.251 e. The maximum absolute atomic E-state index is 13.6. The Morgan fingerprint density at radius 2 is 1.94 bits per heavy atom. The van der Waals surface area contributed by atoms with Crippen molar-refractivity contribution in [2.45, 2.75) is 32.7 Å². The molecule has 0 radical (unpaired) electrons. The third kappa shape index (κ3) is 4.01. The molecule has 0 bridgehead atoms. The highest BCUT2D eigenvalue weighted by Crippen LogP contribution is 2.29. The van der Waals surface area contributed by atoms with Crippen molar-refractivity contribution in [3.05, 3.63) is 59.7 Å². The van der Waals surface area contributed by atoms with E-state index in [9.17, 15) is 9.18 Å². The van der Waals surface area contributed by atoms with Gasteiger partial charge in [0.15, 0.2) is 5.82 Å². The number of carbonyl (C=O) groups is 1. The topological polar surface area (TPSA) is 112 Å². The summed E-state index contributed by atoms with van der Waals surface area (Å²) in [5.41, 5.74) is 14.5. The lowest BCUT2D eigenvalue weighted by Gasteiger charge is -2.11. The van der Waals surface area contributed by atoms with Crippen molar-refractivity contribution in [3.63, 3.8) is 0 Å². The molecule has 0 fully saturated rings. The number of unbranched alkanes of at least 4 members (excludes halogenated alkanes) is 1. The van der Waals surface area contributed by atoms with E-state index in [0.29, 0.717) is 12.4 Å². The van der Waals surface area contributed by atoms with Crippen LogP contribution in [0.4, 0.5) is 15.9 Å². The van der Waals surface area contributed by atoms with Gasteiger partial charge in [0, 0.05) is 30.5 Å². The Morgan fingerprint density at radius 1 is 1.13 bits per heavy atom. The Hall–Kier alpha value is -3.68. The van der Waals surface area contributed by atoms with E-state index >= 15 is 0 Å². The number of fused-ring (bicyclic) bond motifs is 3. The zero-order chi connectivity index (χ0) is 22.0. The molecular weight excluding hydrogens is 395 g/mol. The first-order valence-corrected chi connectivity index (χ1v) is 10.4. The molecule has 8 heteroatoms. The Kier molecular flexibility index (Phi) is 5.70. The number of carbonyl (C=O) groups excluding carboxylic acids is 1. The molecule has 4 rings (SSSR count). The van der Waals surface area contributed by atoms with Crippen LogP contribution in [0.1, 0.15) is 35.9 Å². The summed E-state index contributed by atoms with van der Waals surface area (Å²) in [5.74, 6) is 0.491. The number of imidazole rings is 1. The molecule has 0 aliphatic heterocycles. The monoisotopic (exact) mass is 420 g/mol. The molecule has 7 nitrogen and oxygen atoms in total. The fraction of sp³-hybridized carbons (Fsp3) is 0.261. The zero-order valence-electron chi connectivity index (χ0n) is 17.4. The van der Waals surface area contributed by atoms with Crippen molar-refractivity contribution in [2.75, 3.05) is 18.0 Å². The number of hydrogen-bond donors (Lipinski definition) is 3. The lowest BCUT2D eigenvalue weighted by Crippen LogP contribution is -2.24. The van der Waals surface area contributed by atoms with Gasteiger partial charge in [-0.1, -0.05) is 25.1 Å². The average Bonchev–Trinajstić information content (AvgIpc) is 3.15. The van der Waals surface area contributed by atoms with Crippen LogP contribution < -0.4 is 16.8 Å². The van der Waals surface area contributed by atoms with E-state index in [2.05, 4.69) is 21.8 Å². The molecule has 2 heterocycles. The summed E-state index contributed by atoms with van der Waals surface area (Å²) in [6.45, 7) is 3.30. The molecule has 1 amide bonds. The number of pyridine rings is 1. The number of amides is 1.